The van der Waals surface area contributed by atoms with Crippen LogP contribution in [0.4, 0.5) is 0 Å². The number of thioether (sulfide) groups is 1. The number of carbonyl (C=O) groups excluding carboxylic acids is 1. The molecule has 1 aromatic carbocycles. The van der Waals surface area contributed by atoms with Crippen molar-refractivity contribution in [2.45, 2.75) is 38.6 Å². The standard InChI is InChI=1S/C19H18Cl2N4OS/c1-11-13(17(21)25(24-11)15-9-5-4-8-14(15)20)10-16-18(26)23-19(27-16)22-12-6-2-3-7-12/h4-5,8-10,12H,2-3,6-7H2,1H3,(H,22,23,26)/b16-10-. The van der Waals surface area contributed by atoms with Gasteiger partial charge in [-0.05, 0) is 49.7 Å². The van der Waals surface area contributed by atoms with Crippen molar-refractivity contribution in [2.24, 2.45) is 4.99 Å². The van der Waals surface area contributed by atoms with Gasteiger partial charge in [0.25, 0.3) is 5.91 Å². The van der Waals surface area contributed by atoms with E-state index in [1.165, 1.54) is 24.6 Å². The molecule has 5 nitrogen and oxygen atoms in total. The second-order valence-corrected chi connectivity index (χ2v) is 8.39. The van der Waals surface area contributed by atoms with Gasteiger partial charge >= 0.3 is 0 Å². The Hall–Kier alpha value is -1.76. The lowest BCUT2D eigenvalue weighted by atomic mass is 10.2. The summed E-state index contributed by atoms with van der Waals surface area (Å²) in [6.07, 6.45) is 6.37. The number of benzene rings is 1. The largest absolute Gasteiger partial charge is 0.301 e. The highest BCUT2D eigenvalue weighted by Crippen LogP contribution is 2.33. The predicted octanol–water partition coefficient (Wildman–Crippen LogP) is 4.99. The van der Waals surface area contributed by atoms with E-state index >= 15 is 0 Å². The number of carbonyl (C=O) groups is 1. The maximum atomic E-state index is 12.3. The average Bonchev–Trinajstić information content (AvgIpc) is 3.33. The SMILES string of the molecule is Cc1nn(-c2ccccc2Cl)c(Cl)c1/C=C1\SC(=NC2CCCC2)NC1=O. The van der Waals surface area contributed by atoms with Crippen LogP contribution in [-0.4, -0.2) is 26.9 Å². The zero-order chi connectivity index (χ0) is 19.0. The molecule has 8 heteroatoms. The molecule has 0 atom stereocenters. The number of rotatable bonds is 3. The van der Waals surface area contributed by atoms with Crippen LogP contribution >= 0.6 is 35.0 Å². The van der Waals surface area contributed by atoms with Crippen molar-refractivity contribution in [2.75, 3.05) is 0 Å². The van der Waals surface area contributed by atoms with Crippen LogP contribution in [0.5, 0.6) is 0 Å². The number of aryl methyl sites for hydroxylation is 1. The summed E-state index contributed by atoms with van der Waals surface area (Å²) in [5, 5.41) is 8.99. The van der Waals surface area contributed by atoms with Gasteiger partial charge in [0.15, 0.2) is 5.17 Å². The fraction of sp³-hybridized carbons (Fsp3) is 0.316. The molecule has 0 unspecified atom stereocenters. The third-order valence-corrected chi connectivity index (χ3v) is 6.29. The zero-order valence-electron chi connectivity index (χ0n) is 14.7. The molecule has 27 heavy (non-hydrogen) atoms. The van der Waals surface area contributed by atoms with Gasteiger partial charge in [0.05, 0.1) is 27.4 Å². The first kappa shape index (κ1) is 18.6. The van der Waals surface area contributed by atoms with E-state index in [1.807, 2.05) is 25.1 Å². The predicted molar refractivity (Wildman–Crippen MR) is 112 cm³/mol. The van der Waals surface area contributed by atoms with Gasteiger partial charge in [-0.3, -0.25) is 9.79 Å². The number of amides is 1. The highest BCUT2D eigenvalue weighted by atomic mass is 35.5. The number of aliphatic imine (C=N–C) groups is 1. The minimum absolute atomic E-state index is 0.155. The Balaban J connectivity index is 1.64. The minimum atomic E-state index is -0.155. The molecule has 0 bridgehead atoms. The summed E-state index contributed by atoms with van der Waals surface area (Å²) < 4.78 is 1.59. The van der Waals surface area contributed by atoms with Gasteiger partial charge in [-0.2, -0.15) is 5.10 Å². The summed E-state index contributed by atoms with van der Waals surface area (Å²) in [6, 6.07) is 7.68. The summed E-state index contributed by atoms with van der Waals surface area (Å²) in [7, 11) is 0. The van der Waals surface area contributed by atoms with E-state index in [-0.39, 0.29) is 5.91 Å². The van der Waals surface area contributed by atoms with Crippen molar-refractivity contribution in [3.05, 3.63) is 50.6 Å². The molecule has 2 aliphatic rings. The quantitative estimate of drug-likeness (QED) is 0.711. The summed E-state index contributed by atoms with van der Waals surface area (Å²) in [4.78, 5) is 17.6. The van der Waals surface area contributed by atoms with Crippen LogP contribution in [0.2, 0.25) is 10.2 Å². The molecule has 4 rings (SSSR count). The number of nitrogens with zero attached hydrogens (tertiary/aromatic N) is 3. The average molecular weight is 421 g/mol. The Bertz CT molecular complexity index is 961. The minimum Gasteiger partial charge on any atom is -0.301 e. The van der Waals surface area contributed by atoms with Crippen LogP contribution < -0.4 is 5.32 Å². The fourth-order valence-electron chi connectivity index (χ4n) is 3.28. The highest BCUT2D eigenvalue weighted by Gasteiger charge is 2.27. The van der Waals surface area contributed by atoms with Crippen LogP contribution in [0.3, 0.4) is 0 Å². The summed E-state index contributed by atoms with van der Waals surface area (Å²) >= 11 is 14.2. The molecule has 1 aromatic heterocycles. The molecule has 0 spiro atoms. The van der Waals surface area contributed by atoms with E-state index in [0.29, 0.717) is 37.5 Å². The van der Waals surface area contributed by atoms with Gasteiger partial charge in [-0.15, -0.1) is 0 Å². The Morgan fingerprint density at radius 3 is 2.78 bits per heavy atom. The number of para-hydroxylation sites is 1. The Morgan fingerprint density at radius 2 is 2.04 bits per heavy atom. The van der Waals surface area contributed by atoms with Crippen LogP contribution in [-0.2, 0) is 4.79 Å². The Labute approximate surface area is 171 Å². The zero-order valence-corrected chi connectivity index (χ0v) is 17.0. The van der Waals surface area contributed by atoms with E-state index in [9.17, 15) is 4.79 Å². The van der Waals surface area contributed by atoms with Crippen molar-refractivity contribution in [1.29, 1.82) is 0 Å². The number of nitrogens with one attached hydrogen (secondary N) is 1. The summed E-state index contributed by atoms with van der Waals surface area (Å²) in [5.74, 6) is -0.155. The molecule has 1 aliphatic carbocycles. The van der Waals surface area contributed by atoms with Crippen LogP contribution in [0, 0.1) is 6.92 Å². The molecule has 0 radical (unpaired) electrons. The van der Waals surface area contributed by atoms with E-state index in [0.717, 1.165) is 18.5 Å². The smallest absolute Gasteiger partial charge is 0.264 e. The monoisotopic (exact) mass is 420 g/mol. The molecule has 1 saturated carbocycles. The molecule has 140 valence electrons. The van der Waals surface area contributed by atoms with Gasteiger partial charge < -0.3 is 5.32 Å². The number of aromatic nitrogens is 2. The third kappa shape index (κ3) is 3.79. The second-order valence-electron chi connectivity index (χ2n) is 6.59. The van der Waals surface area contributed by atoms with Gasteiger partial charge in [0, 0.05) is 5.56 Å². The lowest BCUT2D eigenvalue weighted by molar-refractivity contribution is -0.115. The molecule has 1 saturated heterocycles. The highest BCUT2D eigenvalue weighted by molar-refractivity contribution is 8.18. The Kier molecular flexibility index (Phi) is 5.30. The molecular formula is C19H18Cl2N4OS. The molecule has 2 aromatic rings. The number of halogens is 2. The fourth-order valence-corrected chi connectivity index (χ4v) is 4.69. The molecule has 1 aliphatic heterocycles. The molecule has 2 heterocycles. The molecule has 1 amide bonds. The van der Waals surface area contributed by atoms with Crippen molar-refractivity contribution < 1.29 is 4.79 Å². The van der Waals surface area contributed by atoms with E-state index in [4.69, 9.17) is 23.2 Å². The van der Waals surface area contributed by atoms with Crippen LogP contribution in [0.25, 0.3) is 11.8 Å². The van der Waals surface area contributed by atoms with Crippen LogP contribution in [0.1, 0.15) is 36.9 Å². The maximum Gasteiger partial charge on any atom is 0.264 e. The lowest BCUT2D eigenvalue weighted by Gasteiger charge is -2.05. The molecular weight excluding hydrogens is 403 g/mol. The van der Waals surface area contributed by atoms with Gasteiger partial charge in [-0.1, -0.05) is 48.2 Å². The first-order valence-electron chi connectivity index (χ1n) is 8.81. The third-order valence-electron chi connectivity index (χ3n) is 4.68. The van der Waals surface area contributed by atoms with E-state index < -0.39 is 0 Å². The van der Waals surface area contributed by atoms with E-state index in [1.54, 1.807) is 16.8 Å². The van der Waals surface area contributed by atoms with Gasteiger partial charge in [-0.25, -0.2) is 4.68 Å². The molecule has 2 fully saturated rings. The number of hydrogen-bond donors (Lipinski definition) is 1. The first-order valence-corrected chi connectivity index (χ1v) is 10.4. The topological polar surface area (TPSA) is 59.3 Å². The summed E-state index contributed by atoms with van der Waals surface area (Å²) in [6.45, 7) is 1.86. The van der Waals surface area contributed by atoms with Crippen molar-refractivity contribution >= 4 is 52.1 Å². The second kappa shape index (κ2) is 7.70. The van der Waals surface area contributed by atoms with Gasteiger partial charge in [0.1, 0.15) is 5.15 Å². The first-order chi connectivity index (χ1) is 13.0. The van der Waals surface area contributed by atoms with Crippen molar-refractivity contribution in [1.82, 2.24) is 15.1 Å². The summed E-state index contributed by atoms with van der Waals surface area (Å²) in [5.41, 5.74) is 2.13. The van der Waals surface area contributed by atoms with Crippen LogP contribution in [0.15, 0.2) is 34.2 Å². The lowest BCUT2D eigenvalue weighted by Crippen LogP contribution is -2.21. The maximum absolute atomic E-state index is 12.3. The van der Waals surface area contributed by atoms with Crippen molar-refractivity contribution in [3.8, 4) is 5.69 Å². The van der Waals surface area contributed by atoms with E-state index in [2.05, 4.69) is 15.4 Å². The van der Waals surface area contributed by atoms with Gasteiger partial charge in [0.2, 0.25) is 0 Å². The number of amidine groups is 1. The normalized spacial score (nSPS) is 20.8. The molecule has 1 N–H and O–H groups in total. The van der Waals surface area contributed by atoms with Crippen molar-refractivity contribution in [3.63, 3.8) is 0 Å². The number of hydrogen-bond acceptors (Lipinski definition) is 4. The Morgan fingerprint density at radius 1 is 1.30 bits per heavy atom.